The highest BCUT2D eigenvalue weighted by atomic mass is 16.1. The molecule has 1 heterocycles. The first-order valence-electron chi connectivity index (χ1n) is 6.90. The quantitative estimate of drug-likeness (QED) is 0.801. The third-order valence-corrected chi connectivity index (χ3v) is 3.50. The minimum absolute atomic E-state index is 0.124. The van der Waals surface area contributed by atoms with E-state index in [0.29, 0.717) is 12.0 Å². The van der Waals surface area contributed by atoms with Gasteiger partial charge in [-0.25, -0.2) is 0 Å². The second kappa shape index (κ2) is 5.23. The second-order valence-corrected chi connectivity index (χ2v) is 6.35. The van der Waals surface area contributed by atoms with Gasteiger partial charge in [-0.15, -0.1) is 0 Å². The monoisotopic (exact) mass is 270 g/mol. The van der Waals surface area contributed by atoms with Crippen molar-refractivity contribution in [2.45, 2.75) is 39.5 Å². The summed E-state index contributed by atoms with van der Waals surface area (Å²) in [5.74, 6) is 0.124. The lowest BCUT2D eigenvalue weighted by Gasteiger charge is -2.19. The molecule has 0 spiro atoms. The van der Waals surface area contributed by atoms with Gasteiger partial charge in [-0.2, -0.15) is 5.10 Å². The van der Waals surface area contributed by atoms with Gasteiger partial charge in [0.2, 0.25) is 0 Å². The Morgan fingerprint density at radius 3 is 2.25 bits per heavy atom. The largest absolute Gasteiger partial charge is 0.294 e. The van der Waals surface area contributed by atoms with Crippen LogP contribution in [0.25, 0.3) is 0 Å². The van der Waals surface area contributed by atoms with Gasteiger partial charge in [0.1, 0.15) is 0 Å². The first-order valence-corrected chi connectivity index (χ1v) is 6.90. The molecule has 0 saturated heterocycles. The summed E-state index contributed by atoms with van der Waals surface area (Å²) in [6, 6.07) is 8.31. The van der Waals surface area contributed by atoms with Crippen molar-refractivity contribution >= 4 is 5.78 Å². The molecule has 1 aromatic carbocycles. The van der Waals surface area contributed by atoms with E-state index in [1.807, 2.05) is 26.1 Å². The topological polar surface area (TPSA) is 34.9 Å². The minimum Gasteiger partial charge on any atom is -0.294 e. The molecule has 0 atom stereocenters. The van der Waals surface area contributed by atoms with Gasteiger partial charge >= 0.3 is 0 Å². The molecule has 0 aliphatic heterocycles. The third kappa shape index (κ3) is 3.16. The van der Waals surface area contributed by atoms with E-state index in [-0.39, 0.29) is 11.2 Å². The standard InChI is InChI=1S/C17H22N2O/c1-12-15(11-19(5)18-12)16(20)10-13-6-8-14(9-7-13)17(2,3)4/h6-9,11H,10H2,1-5H3. The van der Waals surface area contributed by atoms with Crippen LogP contribution in [0.1, 0.15) is 48.0 Å². The third-order valence-electron chi connectivity index (χ3n) is 3.50. The van der Waals surface area contributed by atoms with Crippen LogP contribution in [0.15, 0.2) is 30.5 Å². The van der Waals surface area contributed by atoms with Gasteiger partial charge in [0, 0.05) is 19.7 Å². The summed E-state index contributed by atoms with van der Waals surface area (Å²) >= 11 is 0. The number of aryl methyl sites for hydroxylation is 2. The SMILES string of the molecule is Cc1nn(C)cc1C(=O)Cc1ccc(C(C)(C)C)cc1. The fourth-order valence-electron chi connectivity index (χ4n) is 2.28. The molecule has 0 bridgehead atoms. The molecule has 1 aromatic heterocycles. The van der Waals surface area contributed by atoms with E-state index in [1.165, 1.54) is 5.56 Å². The molecule has 0 aliphatic carbocycles. The molecule has 0 aliphatic rings. The Labute approximate surface area is 120 Å². The van der Waals surface area contributed by atoms with Crippen LogP contribution in [0.2, 0.25) is 0 Å². The molecule has 2 rings (SSSR count). The molecule has 2 aromatic rings. The molecule has 0 radical (unpaired) electrons. The van der Waals surface area contributed by atoms with Crippen molar-refractivity contribution in [1.82, 2.24) is 9.78 Å². The number of carbonyl (C=O) groups excluding carboxylic acids is 1. The average molecular weight is 270 g/mol. The van der Waals surface area contributed by atoms with Crippen molar-refractivity contribution in [1.29, 1.82) is 0 Å². The number of nitrogens with zero attached hydrogens (tertiary/aromatic N) is 2. The number of hydrogen-bond donors (Lipinski definition) is 0. The summed E-state index contributed by atoms with van der Waals surface area (Å²) in [6.07, 6.45) is 2.22. The van der Waals surface area contributed by atoms with Crippen LogP contribution in [0.5, 0.6) is 0 Å². The zero-order chi connectivity index (χ0) is 14.9. The van der Waals surface area contributed by atoms with Gasteiger partial charge in [-0.1, -0.05) is 45.0 Å². The fourth-order valence-corrected chi connectivity index (χ4v) is 2.28. The van der Waals surface area contributed by atoms with Crippen LogP contribution in [0, 0.1) is 6.92 Å². The van der Waals surface area contributed by atoms with Gasteiger partial charge in [-0.3, -0.25) is 9.48 Å². The van der Waals surface area contributed by atoms with Crippen LogP contribution in [0.3, 0.4) is 0 Å². The van der Waals surface area contributed by atoms with Crippen molar-refractivity contribution < 1.29 is 4.79 Å². The van der Waals surface area contributed by atoms with E-state index < -0.39 is 0 Å². The molecule has 3 nitrogen and oxygen atoms in total. The molecule has 20 heavy (non-hydrogen) atoms. The summed E-state index contributed by atoms with van der Waals surface area (Å²) in [5, 5.41) is 4.22. The molecular weight excluding hydrogens is 248 g/mol. The number of ketones is 1. The van der Waals surface area contributed by atoms with Gasteiger partial charge in [-0.05, 0) is 23.5 Å². The number of hydrogen-bond acceptors (Lipinski definition) is 2. The molecule has 0 amide bonds. The summed E-state index contributed by atoms with van der Waals surface area (Å²) in [7, 11) is 1.84. The molecule has 0 N–H and O–H groups in total. The Kier molecular flexibility index (Phi) is 3.80. The number of benzene rings is 1. The molecule has 106 valence electrons. The maximum absolute atomic E-state index is 12.3. The van der Waals surface area contributed by atoms with Crippen molar-refractivity contribution in [3.8, 4) is 0 Å². The molecular formula is C17H22N2O. The van der Waals surface area contributed by atoms with E-state index in [1.54, 1.807) is 10.9 Å². The van der Waals surface area contributed by atoms with E-state index in [4.69, 9.17) is 0 Å². The van der Waals surface area contributed by atoms with Gasteiger partial charge < -0.3 is 0 Å². The van der Waals surface area contributed by atoms with E-state index >= 15 is 0 Å². The zero-order valence-electron chi connectivity index (χ0n) is 12.9. The van der Waals surface area contributed by atoms with Crippen molar-refractivity contribution in [2.75, 3.05) is 0 Å². The molecule has 3 heteroatoms. The normalized spacial score (nSPS) is 11.7. The predicted molar refractivity (Wildman–Crippen MR) is 81.1 cm³/mol. The maximum Gasteiger partial charge on any atom is 0.170 e. The highest BCUT2D eigenvalue weighted by Gasteiger charge is 2.15. The van der Waals surface area contributed by atoms with Gasteiger partial charge in [0.25, 0.3) is 0 Å². The van der Waals surface area contributed by atoms with E-state index in [2.05, 4.69) is 38.0 Å². The van der Waals surface area contributed by atoms with Gasteiger partial charge in [0.05, 0.1) is 11.3 Å². The van der Waals surface area contributed by atoms with Crippen LogP contribution in [-0.4, -0.2) is 15.6 Å². The lowest BCUT2D eigenvalue weighted by Crippen LogP contribution is -2.11. The highest BCUT2D eigenvalue weighted by Crippen LogP contribution is 2.22. The fraction of sp³-hybridized carbons (Fsp3) is 0.412. The minimum atomic E-state index is 0.124. The molecule has 0 fully saturated rings. The first-order chi connectivity index (χ1) is 9.27. The number of rotatable bonds is 3. The number of Topliss-reactive ketones (excluding diaryl/α,β-unsaturated/α-hetero) is 1. The molecule has 0 unspecified atom stereocenters. The summed E-state index contributed by atoms with van der Waals surface area (Å²) < 4.78 is 1.69. The predicted octanol–water partition coefficient (Wildman–Crippen LogP) is 3.45. The lowest BCUT2D eigenvalue weighted by atomic mass is 9.86. The number of carbonyl (C=O) groups is 1. The van der Waals surface area contributed by atoms with Crippen LogP contribution < -0.4 is 0 Å². The summed E-state index contributed by atoms with van der Waals surface area (Å²) in [5.41, 5.74) is 3.98. The Balaban J connectivity index is 2.14. The first kappa shape index (κ1) is 14.5. The van der Waals surface area contributed by atoms with Crippen LogP contribution in [-0.2, 0) is 18.9 Å². The Morgan fingerprint density at radius 1 is 1.20 bits per heavy atom. The number of aromatic nitrogens is 2. The average Bonchev–Trinajstić information content (AvgIpc) is 2.68. The Morgan fingerprint density at radius 2 is 1.80 bits per heavy atom. The smallest absolute Gasteiger partial charge is 0.170 e. The molecule has 0 saturated carbocycles. The maximum atomic E-state index is 12.3. The van der Waals surface area contributed by atoms with Crippen molar-refractivity contribution in [2.24, 2.45) is 7.05 Å². The van der Waals surface area contributed by atoms with E-state index in [0.717, 1.165) is 11.3 Å². The van der Waals surface area contributed by atoms with Gasteiger partial charge in [0.15, 0.2) is 5.78 Å². The Bertz CT molecular complexity index is 615. The zero-order valence-corrected chi connectivity index (χ0v) is 12.9. The Hall–Kier alpha value is -1.90. The second-order valence-electron chi connectivity index (χ2n) is 6.35. The summed E-state index contributed by atoms with van der Waals surface area (Å²) in [4.78, 5) is 12.3. The van der Waals surface area contributed by atoms with Crippen molar-refractivity contribution in [3.63, 3.8) is 0 Å². The van der Waals surface area contributed by atoms with E-state index in [9.17, 15) is 4.79 Å². The lowest BCUT2D eigenvalue weighted by molar-refractivity contribution is 0.0992. The highest BCUT2D eigenvalue weighted by molar-refractivity contribution is 5.98. The van der Waals surface area contributed by atoms with Crippen LogP contribution in [0.4, 0.5) is 0 Å². The van der Waals surface area contributed by atoms with Crippen molar-refractivity contribution in [3.05, 3.63) is 52.8 Å². The van der Waals surface area contributed by atoms with Crippen LogP contribution >= 0.6 is 0 Å². The summed E-state index contributed by atoms with van der Waals surface area (Å²) in [6.45, 7) is 8.43.